The van der Waals surface area contributed by atoms with E-state index >= 15 is 0 Å². The van der Waals surface area contributed by atoms with Crippen molar-refractivity contribution < 1.29 is 8.78 Å². The number of nitrogens with one attached hydrogen (secondary N) is 1. The number of hydrogen-bond donors (Lipinski definition) is 2. The first kappa shape index (κ1) is 20.9. The molecule has 30 heavy (non-hydrogen) atoms. The zero-order chi connectivity index (χ0) is 21.3. The van der Waals surface area contributed by atoms with E-state index in [4.69, 9.17) is 22.3 Å². The predicted molar refractivity (Wildman–Crippen MR) is 116 cm³/mol. The zero-order valence-electron chi connectivity index (χ0n) is 16.9. The first-order chi connectivity index (χ1) is 14.4. The Balaban J connectivity index is 1.74. The Hall–Kier alpha value is -2.39. The Bertz CT molecular complexity index is 905. The molecule has 0 amide bonds. The van der Waals surface area contributed by atoms with Crippen LogP contribution in [0.2, 0.25) is 5.02 Å². The Morgan fingerprint density at radius 3 is 2.53 bits per heavy atom. The van der Waals surface area contributed by atoms with Crippen molar-refractivity contribution in [2.75, 3.05) is 53.8 Å². The molecule has 162 valence electrons. The van der Waals surface area contributed by atoms with Gasteiger partial charge in [-0.05, 0) is 24.5 Å². The lowest BCUT2D eigenvalue weighted by atomic mass is 10.2. The number of nitrogens with zero attached hydrogens (tertiary/aromatic N) is 5. The van der Waals surface area contributed by atoms with Gasteiger partial charge in [-0.25, -0.2) is 14.2 Å². The fourth-order valence-corrected chi connectivity index (χ4v) is 4.11. The lowest BCUT2D eigenvalue weighted by molar-refractivity contribution is 0.0257. The van der Waals surface area contributed by atoms with Crippen LogP contribution in [-0.2, 0) is 6.54 Å². The molecule has 10 heteroatoms. The summed E-state index contributed by atoms with van der Waals surface area (Å²) in [6, 6.07) is 7.52. The third-order valence-corrected chi connectivity index (χ3v) is 5.93. The van der Waals surface area contributed by atoms with Crippen LogP contribution in [0.1, 0.15) is 24.8 Å². The van der Waals surface area contributed by atoms with Crippen LogP contribution in [0.4, 0.5) is 32.1 Å². The van der Waals surface area contributed by atoms with E-state index in [9.17, 15) is 8.78 Å². The van der Waals surface area contributed by atoms with Crippen LogP contribution in [0, 0.1) is 0 Å². The van der Waals surface area contributed by atoms with E-state index in [1.54, 1.807) is 17.0 Å². The molecule has 1 aromatic heterocycles. The fourth-order valence-electron chi connectivity index (χ4n) is 3.91. The second kappa shape index (κ2) is 8.39. The summed E-state index contributed by atoms with van der Waals surface area (Å²) in [6.07, 6.45) is 1.89. The number of nitrogen functional groups attached to an aromatic ring is 1. The standard InChI is InChI=1S/C20H26ClF2N7/c1-25-30(12-14-6-2-3-7-15(14)21)18-16(24)17(29-11-8-20(22,23)13-29)26-19(27-18)28-9-4-5-10-28/h2-3,6-7,25H,4-5,8-13,24H2,1H3. The van der Waals surface area contributed by atoms with Crippen LogP contribution < -0.4 is 26.0 Å². The minimum Gasteiger partial charge on any atom is -0.393 e. The number of alkyl halides is 2. The topological polar surface area (TPSA) is 73.5 Å². The average molecular weight is 438 g/mol. The Labute approximate surface area is 179 Å². The van der Waals surface area contributed by atoms with Crippen LogP contribution in [0.3, 0.4) is 0 Å². The largest absolute Gasteiger partial charge is 0.393 e. The maximum atomic E-state index is 13.9. The van der Waals surface area contributed by atoms with E-state index in [0.717, 1.165) is 31.5 Å². The van der Waals surface area contributed by atoms with E-state index in [-0.39, 0.29) is 18.7 Å². The lowest BCUT2D eigenvalue weighted by Crippen LogP contribution is -2.37. The molecule has 3 heterocycles. The molecule has 0 saturated carbocycles. The molecule has 2 aliphatic rings. The third kappa shape index (κ3) is 4.22. The zero-order valence-corrected chi connectivity index (χ0v) is 17.7. The SMILES string of the molecule is CNN(Cc1ccccc1Cl)c1nc(N2CCCC2)nc(N2CCC(F)(F)C2)c1N. The summed E-state index contributed by atoms with van der Waals surface area (Å²) >= 11 is 6.34. The average Bonchev–Trinajstić information content (AvgIpc) is 3.37. The Morgan fingerprint density at radius 2 is 1.90 bits per heavy atom. The number of aromatic nitrogens is 2. The van der Waals surface area contributed by atoms with Gasteiger partial charge >= 0.3 is 0 Å². The summed E-state index contributed by atoms with van der Waals surface area (Å²) < 4.78 is 27.8. The van der Waals surface area contributed by atoms with Gasteiger partial charge in [0.1, 0.15) is 5.69 Å². The van der Waals surface area contributed by atoms with Crippen molar-refractivity contribution >= 4 is 34.9 Å². The van der Waals surface area contributed by atoms with Gasteiger partial charge in [0.25, 0.3) is 5.92 Å². The summed E-state index contributed by atoms with van der Waals surface area (Å²) in [6.45, 7) is 1.90. The number of hydrazine groups is 1. The van der Waals surface area contributed by atoms with Crippen LogP contribution in [0.15, 0.2) is 24.3 Å². The molecule has 4 rings (SSSR count). The molecule has 0 atom stereocenters. The normalized spacial score (nSPS) is 18.3. The molecule has 0 bridgehead atoms. The predicted octanol–water partition coefficient (Wildman–Crippen LogP) is 3.30. The molecule has 3 N–H and O–H groups in total. The third-order valence-electron chi connectivity index (χ3n) is 5.56. The molecule has 2 saturated heterocycles. The smallest absolute Gasteiger partial charge is 0.266 e. The van der Waals surface area contributed by atoms with Gasteiger partial charge in [0.15, 0.2) is 11.6 Å². The molecule has 7 nitrogen and oxygen atoms in total. The van der Waals surface area contributed by atoms with Crippen molar-refractivity contribution in [2.24, 2.45) is 0 Å². The number of hydrogen-bond acceptors (Lipinski definition) is 7. The molecule has 2 aromatic rings. The van der Waals surface area contributed by atoms with Gasteiger partial charge in [0.05, 0.1) is 13.1 Å². The second-order valence-electron chi connectivity index (χ2n) is 7.71. The number of halogens is 3. The first-order valence-electron chi connectivity index (χ1n) is 10.1. The summed E-state index contributed by atoms with van der Waals surface area (Å²) in [4.78, 5) is 13.0. The highest BCUT2D eigenvalue weighted by Crippen LogP contribution is 2.38. The molecule has 1 aromatic carbocycles. The first-order valence-corrected chi connectivity index (χ1v) is 10.5. The summed E-state index contributed by atoms with van der Waals surface area (Å²) in [5.41, 5.74) is 10.7. The quantitative estimate of drug-likeness (QED) is 0.671. The summed E-state index contributed by atoms with van der Waals surface area (Å²) in [7, 11) is 1.76. The van der Waals surface area contributed by atoms with Gasteiger partial charge in [-0.3, -0.25) is 5.01 Å². The van der Waals surface area contributed by atoms with Crippen molar-refractivity contribution in [1.29, 1.82) is 0 Å². The fraction of sp³-hybridized carbons (Fsp3) is 0.500. The van der Waals surface area contributed by atoms with E-state index in [2.05, 4.69) is 15.3 Å². The Morgan fingerprint density at radius 1 is 1.17 bits per heavy atom. The number of anilines is 4. The molecule has 2 aliphatic heterocycles. The summed E-state index contributed by atoms with van der Waals surface area (Å²) in [5, 5.41) is 2.40. The van der Waals surface area contributed by atoms with Gasteiger partial charge in [0, 0.05) is 38.1 Å². The number of benzene rings is 1. The monoisotopic (exact) mass is 437 g/mol. The van der Waals surface area contributed by atoms with Crippen molar-refractivity contribution in [3.8, 4) is 0 Å². The van der Waals surface area contributed by atoms with Gasteiger partial charge in [-0.15, -0.1) is 0 Å². The lowest BCUT2D eigenvalue weighted by Gasteiger charge is -2.29. The van der Waals surface area contributed by atoms with Gasteiger partial charge < -0.3 is 15.5 Å². The van der Waals surface area contributed by atoms with Gasteiger partial charge in [-0.2, -0.15) is 9.97 Å². The van der Waals surface area contributed by atoms with Crippen LogP contribution in [0.5, 0.6) is 0 Å². The minimum absolute atomic E-state index is 0.206. The number of nitrogens with two attached hydrogens (primary N) is 1. The maximum absolute atomic E-state index is 13.9. The van der Waals surface area contributed by atoms with Crippen molar-refractivity contribution in [1.82, 2.24) is 15.4 Å². The molecule has 2 fully saturated rings. The highest BCUT2D eigenvalue weighted by atomic mass is 35.5. The second-order valence-corrected chi connectivity index (χ2v) is 8.11. The van der Waals surface area contributed by atoms with Crippen molar-refractivity contribution in [2.45, 2.75) is 31.7 Å². The van der Waals surface area contributed by atoms with Gasteiger partial charge in [0.2, 0.25) is 5.95 Å². The highest BCUT2D eigenvalue weighted by molar-refractivity contribution is 6.31. The van der Waals surface area contributed by atoms with Crippen LogP contribution in [0.25, 0.3) is 0 Å². The molecule has 0 spiro atoms. The van der Waals surface area contributed by atoms with E-state index in [1.165, 1.54) is 0 Å². The molecule has 0 aliphatic carbocycles. The van der Waals surface area contributed by atoms with E-state index in [1.807, 2.05) is 24.3 Å². The van der Waals surface area contributed by atoms with Crippen molar-refractivity contribution in [3.05, 3.63) is 34.9 Å². The minimum atomic E-state index is -2.74. The maximum Gasteiger partial charge on any atom is 0.266 e. The summed E-state index contributed by atoms with van der Waals surface area (Å²) in [5.74, 6) is -1.41. The van der Waals surface area contributed by atoms with E-state index in [0.29, 0.717) is 29.2 Å². The Kier molecular flexibility index (Phi) is 5.84. The van der Waals surface area contributed by atoms with Gasteiger partial charge in [-0.1, -0.05) is 29.8 Å². The van der Waals surface area contributed by atoms with Crippen LogP contribution in [-0.4, -0.2) is 49.1 Å². The van der Waals surface area contributed by atoms with E-state index < -0.39 is 12.5 Å². The molecule has 0 radical (unpaired) electrons. The number of rotatable bonds is 6. The molecular formula is C20H26ClF2N7. The van der Waals surface area contributed by atoms with Crippen molar-refractivity contribution in [3.63, 3.8) is 0 Å². The highest BCUT2D eigenvalue weighted by Gasteiger charge is 2.40. The van der Waals surface area contributed by atoms with Crippen LogP contribution >= 0.6 is 11.6 Å². The molecular weight excluding hydrogens is 412 g/mol. The molecule has 0 unspecified atom stereocenters.